The highest BCUT2D eigenvalue weighted by Crippen LogP contribution is 2.30. The highest BCUT2D eigenvalue weighted by molar-refractivity contribution is 7.87. The number of halogens is 2. The first-order chi connectivity index (χ1) is 14.8. The van der Waals surface area contributed by atoms with E-state index in [0.29, 0.717) is 10.6 Å². The van der Waals surface area contributed by atoms with Crippen LogP contribution in [0.2, 0.25) is 10.0 Å². The zero-order chi connectivity index (χ0) is 22.4. The van der Waals surface area contributed by atoms with E-state index in [2.05, 4.69) is 10.5 Å². The Morgan fingerprint density at radius 2 is 1.74 bits per heavy atom. The van der Waals surface area contributed by atoms with Crippen LogP contribution in [0.3, 0.4) is 0 Å². The fraction of sp³-hybridized carbons (Fsp3) is 0.0476. The van der Waals surface area contributed by atoms with Crippen molar-refractivity contribution in [2.75, 3.05) is 7.11 Å². The maximum Gasteiger partial charge on any atom is 0.339 e. The average Bonchev–Trinajstić information content (AvgIpc) is 2.75. The van der Waals surface area contributed by atoms with Gasteiger partial charge < -0.3 is 8.92 Å². The summed E-state index contributed by atoms with van der Waals surface area (Å²) in [5.74, 6) is -0.324. The topological polar surface area (TPSA) is 94.1 Å². The van der Waals surface area contributed by atoms with Gasteiger partial charge in [0.25, 0.3) is 5.91 Å². The van der Waals surface area contributed by atoms with Crippen LogP contribution < -0.4 is 14.3 Å². The molecule has 0 fully saturated rings. The molecule has 0 saturated heterocycles. The third kappa shape index (κ3) is 5.75. The van der Waals surface area contributed by atoms with E-state index in [9.17, 15) is 13.2 Å². The Morgan fingerprint density at radius 1 is 1.00 bits per heavy atom. The molecule has 7 nitrogen and oxygen atoms in total. The number of amides is 1. The molecule has 0 aliphatic rings. The molecule has 0 bridgehead atoms. The van der Waals surface area contributed by atoms with Crippen molar-refractivity contribution in [2.45, 2.75) is 4.90 Å². The van der Waals surface area contributed by atoms with Crippen molar-refractivity contribution in [3.63, 3.8) is 0 Å². The number of carbonyl (C=O) groups is 1. The molecule has 0 heterocycles. The maximum atomic E-state index is 12.4. The highest BCUT2D eigenvalue weighted by Gasteiger charge is 2.19. The van der Waals surface area contributed by atoms with Crippen molar-refractivity contribution < 1.29 is 22.1 Å². The molecule has 0 unspecified atom stereocenters. The molecule has 0 radical (unpaired) electrons. The number of methoxy groups -OCH3 is 1. The van der Waals surface area contributed by atoms with Gasteiger partial charge in [0, 0.05) is 5.02 Å². The van der Waals surface area contributed by atoms with Gasteiger partial charge in [-0.25, -0.2) is 5.43 Å². The summed E-state index contributed by atoms with van der Waals surface area (Å²) in [5.41, 5.74) is 3.10. The summed E-state index contributed by atoms with van der Waals surface area (Å²) < 4.78 is 35.2. The Bertz CT molecular complexity index is 1230. The van der Waals surface area contributed by atoms with Crippen molar-refractivity contribution in [3.8, 4) is 11.5 Å². The van der Waals surface area contributed by atoms with Crippen LogP contribution in [0.4, 0.5) is 0 Å². The summed E-state index contributed by atoms with van der Waals surface area (Å²) in [5, 5.41) is 4.49. The average molecular weight is 479 g/mol. The van der Waals surface area contributed by atoms with E-state index in [1.807, 2.05) is 0 Å². The summed E-state index contributed by atoms with van der Waals surface area (Å²) in [4.78, 5) is 12.2. The SMILES string of the molecule is COc1cc(C=NNC(=O)c2ccc(Cl)cc2Cl)ccc1OS(=O)(=O)c1ccccc1. The summed E-state index contributed by atoms with van der Waals surface area (Å²) in [6.45, 7) is 0. The van der Waals surface area contributed by atoms with Gasteiger partial charge in [-0.2, -0.15) is 13.5 Å². The lowest BCUT2D eigenvalue weighted by atomic mass is 10.2. The highest BCUT2D eigenvalue weighted by atomic mass is 35.5. The molecular formula is C21H16Cl2N2O5S. The lowest BCUT2D eigenvalue weighted by Crippen LogP contribution is -2.18. The first-order valence-corrected chi connectivity index (χ1v) is 10.9. The maximum absolute atomic E-state index is 12.4. The molecular weight excluding hydrogens is 463 g/mol. The normalized spacial score (nSPS) is 11.3. The molecule has 3 aromatic rings. The van der Waals surface area contributed by atoms with Gasteiger partial charge in [-0.15, -0.1) is 0 Å². The van der Waals surface area contributed by atoms with Crippen molar-refractivity contribution in [1.82, 2.24) is 5.43 Å². The number of hydrogen-bond donors (Lipinski definition) is 1. The van der Waals surface area contributed by atoms with Gasteiger partial charge in [-0.05, 0) is 54.1 Å². The number of rotatable bonds is 7. The Hall–Kier alpha value is -3.07. The smallest absolute Gasteiger partial charge is 0.339 e. The fourth-order valence-corrected chi connectivity index (χ4v) is 3.94. The molecule has 0 spiro atoms. The van der Waals surface area contributed by atoms with Crippen molar-refractivity contribution in [2.24, 2.45) is 5.10 Å². The van der Waals surface area contributed by atoms with Crippen LogP contribution in [-0.4, -0.2) is 27.6 Å². The summed E-state index contributed by atoms with van der Waals surface area (Å²) in [7, 11) is -2.64. The van der Waals surface area contributed by atoms with E-state index >= 15 is 0 Å². The van der Waals surface area contributed by atoms with Gasteiger partial charge in [-0.1, -0.05) is 41.4 Å². The van der Waals surface area contributed by atoms with Crippen LogP contribution in [0.25, 0.3) is 0 Å². The zero-order valence-electron chi connectivity index (χ0n) is 16.1. The number of hydrazone groups is 1. The van der Waals surface area contributed by atoms with E-state index in [1.54, 1.807) is 30.3 Å². The number of benzene rings is 3. The van der Waals surface area contributed by atoms with Gasteiger partial charge >= 0.3 is 10.1 Å². The van der Waals surface area contributed by atoms with Crippen LogP contribution in [-0.2, 0) is 10.1 Å². The second-order valence-corrected chi connectivity index (χ2v) is 8.47. The predicted octanol–water partition coefficient (Wildman–Crippen LogP) is 4.53. The third-order valence-electron chi connectivity index (χ3n) is 3.97. The van der Waals surface area contributed by atoms with E-state index in [1.165, 1.54) is 49.7 Å². The number of nitrogens with zero attached hydrogens (tertiary/aromatic N) is 1. The van der Waals surface area contributed by atoms with Gasteiger partial charge in [-0.3, -0.25) is 4.79 Å². The monoisotopic (exact) mass is 478 g/mol. The van der Waals surface area contributed by atoms with E-state index in [0.717, 1.165) is 0 Å². The van der Waals surface area contributed by atoms with Gasteiger partial charge in [0.15, 0.2) is 11.5 Å². The first kappa shape index (κ1) is 22.6. The van der Waals surface area contributed by atoms with Crippen molar-refractivity contribution in [3.05, 3.63) is 87.9 Å². The molecule has 0 atom stereocenters. The molecule has 3 aromatic carbocycles. The minimum Gasteiger partial charge on any atom is -0.493 e. The summed E-state index contributed by atoms with van der Waals surface area (Å²) in [6.07, 6.45) is 1.36. The number of carbonyl (C=O) groups excluding carboxylic acids is 1. The molecule has 160 valence electrons. The van der Waals surface area contributed by atoms with Crippen LogP contribution in [0.1, 0.15) is 15.9 Å². The third-order valence-corrected chi connectivity index (χ3v) is 5.77. The zero-order valence-corrected chi connectivity index (χ0v) is 18.4. The molecule has 1 N–H and O–H groups in total. The number of ether oxygens (including phenoxy) is 1. The lowest BCUT2D eigenvalue weighted by molar-refractivity contribution is 0.0955. The van der Waals surface area contributed by atoms with E-state index in [-0.39, 0.29) is 27.0 Å². The van der Waals surface area contributed by atoms with Gasteiger partial charge in [0.2, 0.25) is 0 Å². The van der Waals surface area contributed by atoms with Gasteiger partial charge in [0.1, 0.15) is 4.90 Å². The summed E-state index contributed by atoms with van der Waals surface area (Å²) in [6, 6.07) is 16.7. The van der Waals surface area contributed by atoms with Crippen molar-refractivity contribution in [1.29, 1.82) is 0 Å². The molecule has 0 aliphatic heterocycles. The molecule has 0 saturated carbocycles. The Balaban J connectivity index is 1.73. The van der Waals surface area contributed by atoms with Crippen LogP contribution >= 0.6 is 23.2 Å². The predicted molar refractivity (Wildman–Crippen MR) is 119 cm³/mol. The number of nitrogens with one attached hydrogen (secondary N) is 1. The Morgan fingerprint density at radius 3 is 2.42 bits per heavy atom. The lowest BCUT2D eigenvalue weighted by Gasteiger charge is -2.11. The molecule has 31 heavy (non-hydrogen) atoms. The van der Waals surface area contributed by atoms with Crippen LogP contribution in [0.15, 0.2) is 76.7 Å². The number of hydrogen-bond acceptors (Lipinski definition) is 6. The second kappa shape index (κ2) is 9.82. The standard InChI is InChI=1S/C21H16Cl2N2O5S/c1-29-20-11-14(13-24-25-21(26)17-9-8-15(22)12-18(17)23)7-10-19(20)30-31(27,28)16-5-3-2-4-6-16/h2-13H,1H3,(H,25,26). The molecule has 1 amide bonds. The Kier molecular flexibility index (Phi) is 7.17. The van der Waals surface area contributed by atoms with Crippen LogP contribution in [0.5, 0.6) is 11.5 Å². The van der Waals surface area contributed by atoms with Gasteiger partial charge in [0.05, 0.1) is 23.9 Å². The molecule has 10 heteroatoms. The second-order valence-electron chi connectivity index (χ2n) is 6.08. The fourth-order valence-electron chi connectivity index (χ4n) is 2.49. The minimum atomic E-state index is -4.02. The largest absolute Gasteiger partial charge is 0.493 e. The first-order valence-electron chi connectivity index (χ1n) is 8.76. The van der Waals surface area contributed by atoms with Crippen LogP contribution in [0, 0.1) is 0 Å². The molecule has 0 aliphatic carbocycles. The Labute approximate surface area is 189 Å². The van der Waals surface area contributed by atoms with Crippen molar-refractivity contribution >= 4 is 45.4 Å². The molecule has 0 aromatic heterocycles. The molecule has 3 rings (SSSR count). The summed E-state index contributed by atoms with van der Waals surface area (Å²) >= 11 is 11.8. The van der Waals surface area contributed by atoms with E-state index in [4.69, 9.17) is 32.1 Å². The van der Waals surface area contributed by atoms with E-state index < -0.39 is 16.0 Å². The quantitative estimate of drug-likeness (QED) is 0.305. The minimum absolute atomic E-state index is 0.0143.